The van der Waals surface area contributed by atoms with Gasteiger partial charge in [0.2, 0.25) is 0 Å². The second-order valence-electron chi connectivity index (χ2n) is 10.2. The molecule has 0 aromatic carbocycles. The lowest BCUT2D eigenvalue weighted by Crippen LogP contribution is -2.42. The van der Waals surface area contributed by atoms with Crippen molar-refractivity contribution >= 4 is 5.97 Å². The SMILES string of the molecule is CCCCCCCCCCCCCCCCCCN1C(C(=O)O)CC2CCCCC21. The molecule has 2 aliphatic rings. The number of aliphatic carboxylic acids is 1. The Kier molecular flexibility index (Phi) is 13.8. The van der Waals surface area contributed by atoms with E-state index in [-0.39, 0.29) is 6.04 Å². The molecular formula is C27H51NO2. The summed E-state index contributed by atoms with van der Waals surface area (Å²) in [5.74, 6) is 0.0711. The van der Waals surface area contributed by atoms with Gasteiger partial charge in [0.05, 0.1) is 0 Å². The Hall–Kier alpha value is -0.570. The van der Waals surface area contributed by atoms with Gasteiger partial charge < -0.3 is 5.11 Å². The van der Waals surface area contributed by atoms with Crippen molar-refractivity contribution in [1.82, 2.24) is 4.90 Å². The highest BCUT2D eigenvalue weighted by Crippen LogP contribution is 2.39. The lowest BCUT2D eigenvalue weighted by atomic mass is 9.85. The first-order chi connectivity index (χ1) is 14.7. The summed E-state index contributed by atoms with van der Waals surface area (Å²) in [4.78, 5) is 14.1. The molecule has 3 unspecified atom stereocenters. The Morgan fingerprint density at radius 1 is 0.733 bits per heavy atom. The molecule has 0 aromatic rings. The predicted molar refractivity (Wildman–Crippen MR) is 128 cm³/mol. The number of likely N-dealkylation sites (tertiary alicyclic amines) is 1. The summed E-state index contributed by atoms with van der Waals surface area (Å²) in [6, 6.07) is 0.366. The van der Waals surface area contributed by atoms with Crippen LogP contribution in [0.4, 0.5) is 0 Å². The van der Waals surface area contributed by atoms with Crippen LogP contribution in [0, 0.1) is 5.92 Å². The number of carboxylic acids is 1. The van der Waals surface area contributed by atoms with Crippen LogP contribution >= 0.6 is 0 Å². The number of fused-ring (bicyclic) bond motifs is 1. The van der Waals surface area contributed by atoms with Crippen LogP contribution in [0.5, 0.6) is 0 Å². The molecule has 0 amide bonds. The number of unbranched alkanes of at least 4 members (excludes halogenated alkanes) is 15. The molecule has 2 fully saturated rings. The zero-order valence-corrected chi connectivity index (χ0v) is 20.1. The summed E-state index contributed by atoms with van der Waals surface area (Å²) in [5.41, 5.74) is 0. The van der Waals surface area contributed by atoms with E-state index in [2.05, 4.69) is 11.8 Å². The third-order valence-electron chi connectivity index (χ3n) is 7.78. The maximum Gasteiger partial charge on any atom is 0.320 e. The molecule has 2 rings (SSSR count). The Labute approximate surface area is 187 Å². The van der Waals surface area contributed by atoms with Crippen LogP contribution < -0.4 is 0 Å². The first kappa shape index (κ1) is 25.7. The van der Waals surface area contributed by atoms with Crippen LogP contribution in [0.2, 0.25) is 0 Å². The molecule has 3 nitrogen and oxygen atoms in total. The minimum absolute atomic E-state index is 0.200. The van der Waals surface area contributed by atoms with Crippen molar-refractivity contribution in [2.45, 2.75) is 154 Å². The zero-order chi connectivity index (χ0) is 21.4. The molecule has 0 radical (unpaired) electrons. The van der Waals surface area contributed by atoms with Crippen molar-refractivity contribution in [1.29, 1.82) is 0 Å². The fourth-order valence-electron chi connectivity index (χ4n) is 5.96. The molecular weight excluding hydrogens is 370 g/mol. The van der Waals surface area contributed by atoms with Gasteiger partial charge in [-0.05, 0) is 38.1 Å². The Balaban J connectivity index is 1.39. The topological polar surface area (TPSA) is 40.5 Å². The number of hydrogen-bond donors (Lipinski definition) is 1. The van der Waals surface area contributed by atoms with Gasteiger partial charge in [-0.15, -0.1) is 0 Å². The number of nitrogens with zero attached hydrogens (tertiary/aromatic N) is 1. The van der Waals surface area contributed by atoms with Crippen LogP contribution in [-0.2, 0) is 4.79 Å². The number of hydrogen-bond acceptors (Lipinski definition) is 2. The average molecular weight is 422 g/mol. The third kappa shape index (κ3) is 9.71. The van der Waals surface area contributed by atoms with E-state index in [1.165, 1.54) is 128 Å². The summed E-state index contributed by atoms with van der Waals surface area (Å²) in [5, 5.41) is 9.62. The lowest BCUT2D eigenvalue weighted by Gasteiger charge is -2.33. The van der Waals surface area contributed by atoms with Gasteiger partial charge in [-0.2, -0.15) is 0 Å². The molecule has 3 atom stereocenters. The quantitative estimate of drug-likeness (QED) is 0.228. The van der Waals surface area contributed by atoms with E-state index in [0.29, 0.717) is 12.0 Å². The Bertz CT molecular complexity index is 439. The minimum atomic E-state index is -0.583. The fourth-order valence-corrected chi connectivity index (χ4v) is 5.96. The first-order valence-electron chi connectivity index (χ1n) is 13.7. The van der Waals surface area contributed by atoms with Gasteiger partial charge in [-0.1, -0.05) is 116 Å². The van der Waals surface area contributed by atoms with Crippen LogP contribution in [0.25, 0.3) is 0 Å². The van der Waals surface area contributed by atoms with Gasteiger partial charge in [-0.3, -0.25) is 9.69 Å². The maximum absolute atomic E-state index is 11.7. The van der Waals surface area contributed by atoms with E-state index in [1.807, 2.05) is 0 Å². The van der Waals surface area contributed by atoms with E-state index in [1.54, 1.807) is 0 Å². The summed E-state index contributed by atoms with van der Waals surface area (Å²) in [6.45, 7) is 3.30. The summed E-state index contributed by atoms with van der Waals surface area (Å²) in [6.07, 6.45) is 28.3. The maximum atomic E-state index is 11.7. The molecule has 1 aliphatic heterocycles. The second kappa shape index (κ2) is 16.1. The molecule has 1 aliphatic carbocycles. The molecule has 0 bridgehead atoms. The highest BCUT2D eigenvalue weighted by Gasteiger charge is 2.44. The van der Waals surface area contributed by atoms with Crippen molar-refractivity contribution in [3.05, 3.63) is 0 Å². The van der Waals surface area contributed by atoms with E-state index < -0.39 is 5.97 Å². The molecule has 1 N–H and O–H groups in total. The van der Waals surface area contributed by atoms with Gasteiger partial charge in [-0.25, -0.2) is 0 Å². The molecule has 3 heteroatoms. The van der Waals surface area contributed by atoms with Gasteiger partial charge >= 0.3 is 5.97 Å². The van der Waals surface area contributed by atoms with Gasteiger partial charge in [0, 0.05) is 6.04 Å². The summed E-state index contributed by atoms with van der Waals surface area (Å²) in [7, 11) is 0. The van der Waals surface area contributed by atoms with E-state index in [0.717, 1.165) is 13.0 Å². The molecule has 30 heavy (non-hydrogen) atoms. The van der Waals surface area contributed by atoms with Crippen LogP contribution in [-0.4, -0.2) is 34.6 Å². The third-order valence-corrected chi connectivity index (χ3v) is 7.78. The smallest absolute Gasteiger partial charge is 0.320 e. The van der Waals surface area contributed by atoms with E-state index >= 15 is 0 Å². The van der Waals surface area contributed by atoms with Crippen molar-refractivity contribution in [2.75, 3.05) is 6.54 Å². The molecule has 0 spiro atoms. The van der Waals surface area contributed by atoms with Gasteiger partial charge in [0.1, 0.15) is 6.04 Å². The highest BCUT2D eigenvalue weighted by atomic mass is 16.4. The summed E-state index contributed by atoms with van der Waals surface area (Å²) >= 11 is 0. The monoisotopic (exact) mass is 421 g/mol. The largest absolute Gasteiger partial charge is 0.480 e. The molecule has 1 saturated carbocycles. The second-order valence-corrected chi connectivity index (χ2v) is 10.2. The molecule has 1 saturated heterocycles. The summed E-state index contributed by atoms with van der Waals surface area (Å²) < 4.78 is 0. The van der Waals surface area contributed by atoms with Gasteiger partial charge in [0.15, 0.2) is 0 Å². The molecule has 176 valence electrons. The number of carbonyl (C=O) groups is 1. The van der Waals surface area contributed by atoms with Crippen molar-refractivity contribution in [3.63, 3.8) is 0 Å². The number of rotatable bonds is 18. The average Bonchev–Trinajstić information content (AvgIpc) is 3.12. The molecule has 1 heterocycles. The van der Waals surface area contributed by atoms with Crippen molar-refractivity contribution in [2.24, 2.45) is 5.92 Å². The van der Waals surface area contributed by atoms with E-state index in [4.69, 9.17) is 0 Å². The van der Waals surface area contributed by atoms with Crippen LogP contribution in [0.1, 0.15) is 142 Å². The van der Waals surface area contributed by atoms with Crippen LogP contribution in [0.3, 0.4) is 0 Å². The van der Waals surface area contributed by atoms with E-state index in [9.17, 15) is 9.90 Å². The fraction of sp³-hybridized carbons (Fsp3) is 0.963. The minimum Gasteiger partial charge on any atom is -0.480 e. The standard InChI is InChI=1S/C27H51NO2/c1-2-3-4-5-6-7-8-9-10-11-12-13-14-15-16-19-22-28-25-21-18-17-20-24(25)23-26(28)27(29)30/h24-26H,2-23H2,1H3,(H,29,30). The zero-order valence-electron chi connectivity index (χ0n) is 20.1. The first-order valence-corrected chi connectivity index (χ1v) is 13.7. The van der Waals surface area contributed by atoms with Crippen molar-refractivity contribution < 1.29 is 9.90 Å². The number of carboxylic acid groups (broad SMARTS) is 1. The predicted octanol–water partition coefficient (Wildman–Crippen LogP) is 7.97. The normalized spacial score (nSPS) is 24.2. The van der Waals surface area contributed by atoms with Crippen molar-refractivity contribution in [3.8, 4) is 0 Å². The Morgan fingerprint density at radius 3 is 1.70 bits per heavy atom. The Morgan fingerprint density at radius 2 is 1.20 bits per heavy atom. The highest BCUT2D eigenvalue weighted by molar-refractivity contribution is 5.74. The lowest BCUT2D eigenvalue weighted by molar-refractivity contribution is -0.142. The molecule has 0 aromatic heterocycles. The van der Waals surface area contributed by atoms with Gasteiger partial charge in [0.25, 0.3) is 0 Å². The van der Waals surface area contributed by atoms with Crippen LogP contribution in [0.15, 0.2) is 0 Å².